The van der Waals surface area contributed by atoms with E-state index >= 15 is 0 Å². The smallest absolute Gasteiger partial charge is 0.303 e. The van der Waals surface area contributed by atoms with Crippen LogP contribution in [-0.2, 0) is 9.53 Å². The second kappa shape index (κ2) is 8.95. The van der Waals surface area contributed by atoms with E-state index in [1.54, 1.807) is 18.2 Å². The van der Waals surface area contributed by atoms with Gasteiger partial charge in [0.25, 0.3) is 0 Å². The zero-order valence-electron chi connectivity index (χ0n) is 16.6. The maximum atomic E-state index is 15.0. The van der Waals surface area contributed by atoms with E-state index in [2.05, 4.69) is 6.92 Å². The summed E-state index contributed by atoms with van der Waals surface area (Å²) in [5, 5.41) is 29.8. The highest BCUT2D eigenvalue weighted by atomic mass is 19.1. The summed E-state index contributed by atoms with van der Waals surface area (Å²) in [5.74, 6) is -1.43. The van der Waals surface area contributed by atoms with Crippen molar-refractivity contribution in [3.63, 3.8) is 0 Å². The van der Waals surface area contributed by atoms with Crippen LogP contribution >= 0.6 is 0 Å². The van der Waals surface area contributed by atoms with Crippen LogP contribution in [0.4, 0.5) is 4.39 Å². The Labute approximate surface area is 166 Å². The molecule has 2 saturated carbocycles. The first-order valence-electron chi connectivity index (χ1n) is 10.6. The largest absolute Gasteiger partial charge is 0.491 e. The van der Waals surface area contributed by atoms with E-state index in [9.17, 15) is 19.4 Å². The maximum absolute atomic E-state index is 15.0. The molecule has 158 valence electrons. The average Bonchev–Trinajstić information content (AvgIpc) is 3.12. The molecule has 1 heterocycles. The first-order chi connectivity index (χ1) is 13.3. The van der Waals surface area contributed by atoms with E-state index in [0.717, 1.165) is 25.7 Å². The normalized spacial score (nSPS) is 37.1. The van der Waals surface area contributed by atoms with Crippen molar-refractivity contribution in [2.24, 2.45) is 17.3 Å². The topological polar surface area (TPSA) is 87.0 Å². The quantitative estimate of drug-likeness (QED) is 0.451. The number of aliphatic carboxylic acids is 1. The number of alkyl halides is 1. The molecule has 6 unspecified atom stereocenters. The molecule has 5 nitrogen and oxygen atoms in total. The average molecular weight is 396 g/mol. The molecule has 0 amide bonds. The fourth-order valence-electron chi connectivity index (χ4n) is 5.03. The minimum atomic E-state index is -1.30. The second-order valence-corrected chi connectivity index (χ2v) is 8.95. The third kappa shape index (κ3) is 4.60. The number of unbranched alkanes of at least 4 members (excludes halogenated alkanes) is 1. The van der Waals surface area contributed by atoms with Gasteiger partial charge >= 0.3 is 5.97 Å². The van der Waals surface area contributed by atoms with Crippen LogP contribution in [-0.4, -0.2) is 45.8 Å². The first-order valence-corrected chi connectivity index (χ1v) is 10.6. The summed E-state index contributed by atoms with van der Waals surface area (Å²) >= 11 is 0. The summed E-state index contributed by atoms with van der Waals surface area (Å²) < 4.78 is 20.7. The molecule has 0 aromatic carbocycles. The van der Waals surface area contributed by atoms with Crippen LogP contribution in [0, 0.1) is 17.3 Å². The Kier molecular flexibility index (Phi) is 6.81. The van der Waals surface area contributed by atoms with Gasteiger partial charge in [-0.15, -0.1) is 0 Å². The fourth-order valence-corrected chi connectivity index (χ4v) is 5.03. The summed E-state index contributed by atoms with van der Waals surface area (Å²) in [6.07, 6.45) is 9.00. The number of rotatable bonds is 7. The molecule has 6 heteroatoms. The van der Waals surface area contributed by atoms with Gasteiger partial charge in [0.05, 0.1) is 12.2 Å². The number of aliphatic hydroxyl groups is 2. The lowest BCUT2D eigenvalue weighted by atomic mass is 9.71. The summed E-state index contributed by atoms with van der Waals surface area (Å²) in [6.45, 7) is 2.10. The number of carbonyl (C=O) groups is 1. The van der Waals surface area contributed by atoms with Gasteiger partial charge in [-0.1, -0.05) is 38.3 Å². The number of hydrogen-bond acceptors (Lipinski definition) is 4. The standard InChI is InChI=1S/C22H33FO5/c1-22(11-5-2-6-12-22)18(25)10-9-14-15(24)13-17-20(14)21(23)16(28-17)7-3-4-8-19(26)27/h7,9-10,14-15,17-18,20-21,24-25H,2-6,8,11-13H2,1H3,(H,26,27). The van der Waals surface area contributed by atoms with Gasteiger partial charge in [-0.3, -0.25) is 4.79 Å². The van der Waals surface area contributed by atoms with Gasteiger partial charge in [0, 0.05) is 24.7 Å². The predicted octanol–water partition coefficient (Wildman–Crippen LogP) is 3.75. The zero-order valence-corrected chi connectivity index (χ0v) is 16.6. The molecule has 2 aliphatic carbocycles. The Morgan fingerprint density at radius 3 is 2.75 bits per heavy atom. The highest BCUT2D eigenvalue weighted by Crippen LogP contribution is 2.47. The molecule has 3 N–H and O–H groups in total. The molecule has 3 fully saturated rings. The van der Waals surface area contributed by atoms with Crippen molar-refractivity contribution in [1.29, 1.82) is 0 Å². The number of fused-ring (bicyclic) bond motifs is 1. The van der Waals surface area contributed by atoms with Crippen molar-refractivity contribution in [1.82, 2.24) is 0 Å². The highest BCUT2D eigenvalue weighted by Gasteiger charge is 2.53. The minimum Gasteiger partial charge on any atom is -0.491 e. The predicted molar refractivity (Wildman–Crippen MR) is 103 cm³/mol. The van der Waals surface area contributed by atoms with E-state index in [0.29, 0.717) is 19.3 Å². The second-order valence-electron chi connectivity index (χ2n) is 8.95. The first kappa shape index (κ1) is 21.3. The Morgan fingerprint density at radius 1 is 1.36 bits per heavy atom. The molecular weight excluding hydrogens is 363 g/mol. The van der Waals surface area contributed by atoms with Crippen molar-refractivity contribution in [3.8, 4) is 0 Å². The molecule has 1 saturated heterocycles. The fraction of sp³-hybridized carbons (Fsp3) is 0.773. The highest BCUT2D eigenvalue weighted by molar-refractivity contribution is 5.66. The molecule has 1 aliphatic heterocycles. The molecule has 0 radical (unpaired) electrons. The van der Waals surface area contributed by atoms with Gasteiger partial charge in [0.2, 0.25) is 0 Å². The van der Waals surface area contributed by atoms with Crippen LogP contribution < -0.4 is 0 Å². The molecule has 6 atom stereocenters. The van der Waals surface area contributed by atoms with Gasteiger partial charge < -0.3 is 20.1 Å². The summed E-state index contributed by atoms with van der Waals surface area (Å²) in [6, 6.07) is 0. The number of halogens is 1. The lowest BCUT2D eigenvalue weighted by Gasteiger charge is -2.36. The van der Waals surface area contributed by atoms with E-state index < -0.39 is 30.3 Å². The number of ether oxygens (including phenoxy) is 1. The van der Waals surface area contributed by atoms with E-state index in [-0.39, 0.29) is 29.6 Å². The third-order valence-corrected chi connectivity index (χ3v) is 6.85. The number of carboxylic acid groups (broad SMARTS) is 1. The molecule has 0 aromatic heterocycles. The van der Waals surface area contributed by atoms with E-state index in [1.165, 1.54) is 6.42 Å². The van der Waals surface area contributed by atoms with Crippen LogP contribution in [0.1, 0.15) is 64.7 Å². The Morgan fingerprint density at radius 2 is 2.07 bits per heavy atom. The van der Waals surface area contributed by atoms with Crippen molar-refractivity contribution in [3.05, 3.63) is 24.0 Å². The van der Waals surface area contributed by atoms with Crippen molar-refractivity contribution in [2.75, 3.05) is 0 Å². The van der Waals surface area contributed by atoms with Gasteiger partial charge in [0.15, 0.2) is 6.17 Å². The third-order valence-electron chi connectivity index (χ3n) is 6.85. The van der Waals surface area contributed by atoms with Gasteiger partial charge in [-0.05, 0) is 37.2 Å². The Bertz CT molecular complexity index is 610. The molecule has 28 heavy (non-hydrogen) atoms. The zero-order chi connectivity index (χ0) is 20.3. The van der Waals surface area contributed by atoms with Crippen molar-refractivity contribution < 1.29 is 29.2 Å². The van der Waals surface area contributed by atoms with Gasteiger partial charge in [-0.2, -0.15) is 0 Å². The maximum Gasteiger partial charge on any atom is 0.303 e. The summed E-state index contributed by atoms with van der Waals surface area (Å²) in [5.41, 5.74) is -0.145. The van der Waals surface area contributed by atoms with E-state index in [4.69, 9.17) is 9.84 Å². The van der Waals surface area contributed by atoms with Crippen molar-refractivity contribution >= 4 is 5.97 Å². The van der Waals surface area contributed by atoms with Crippen LogP contribution in [0.2, 0.25) is 0 Å². The number of carboxylic acids is 1. The summed E-state index contributed by atoms with van der Waals surface area (Å²) in [4.78, 5) is 10.6. The Balaban J connectivity index is 1.62. The van der Waals surface area contributed by atoms with Crippen LogP contribution in [0.5, 0.6) is 0 Å². The molecule has 0 aromatic rings. The number of allylic oxidation sites excluding steroid dienone is 2. The Hall–Kier alpha value is -1.40. The van der Waals surface area contributed by atoms with Crippen LogP contribution in [0.3, 0.4) is 0 Å². The van der Waals surface area contributed by atoms with E-state index in [1.807, 2.05) is 0 Å². The van der Waals surface area contributed by atoms with Crippen LogP contribution in [0.25, 0.3) is 0 Å². The molecule has 3 aliphatic rings. The molecular formula is C22H33FO5. The number of aliphatic hydroxyl groups excluding tert-OH is 2. The minimum absolute atomic E-state index is 0.0499. The molecule has 0 spiro atoms. The number of hydrogen-bond donors (Lipinski definition) is 3. The van der Waals surface area contributed by atoms with Crippen LogP contribution in [0.15, 0.2) is 24.0 Å². The lowest BCUT2D eigenvalue weighted by Crippen LogP contribution is -2.33. The van der Waals surface area contributed by atoms with Gasteiger partial charge in [-0.25, -0.2) is 4.39 Å². The van der Waals surface area contributed by atoms with Gasteiger partial charge in [0.1, 0.15) is 11.9 Å². The lowest BCUT2D eigenvalue weighted by molar-refractivity contribution is -0.137. The van der Waals surface area contributed by atoms with Crippen molar-refractivity contribution in [2.45, 2.75) is 89.2 Å². The molecule has 0 bridgehead atoms. The molecule has 3 rings (SSSR count). The SMILES string of the molecule is CC1(C(O)C=CC2C(O)CC3OC(=CCCCC(=O)O)C(F)C32)CCCCC1. The summed E-state index contributed by atoms with van der Waals surface area (Å²) in [7, 11) is 0. The monoisotopic (exact) mass is 396 g/mol.